The fraction of sp³-hybridized carbons (Fsp3) is 0.667. The van der Waals surface area contributed by atoms with E-state index in [1.807, 2.05) is 0 Å². The molecular formula is C33H43F5O6S2. The van der Waals surface area contributed by atoms with E-state index in [1.165, 1.54) is 41.5 Å². The van der Waals surface area contributed by atoms with Gasteiger partial charge in [0.15, 0.2) is 15.0 Å². The zero-order chi connectivity index (χ0) is 32.6. The molecule has 2 aromatic carbocycles. The largest absolute Gasteiger partial charge is 0.743 e. The van der Waals surface area contributed by atoms with Crippen molar-refractivity contribution < 1.29 is 49.2 Å². The van der Waals surface area contributed by atoms with Crippen molar-refractivity contribution in [2.24, 2.45) is 23.2 Å². The van der Waals surface area contributed by atoms with Crippen molar-refractivity contribution in [3.63, 3.8) is 0 Å². The topological polar surface area (TPSA) is 92.7 Å². The van der Waals surface area contributed by atoms with Crippen LogP contribution in [0.15, 0.2) is 41.3 Å². The van der Waals surface area contributed by atoms with Gasteiger partial charge in [-0.05, 0) is 93.7 Å². The number of ether oxygens (including phenoxy) is 2. The summed E-state index contributed by atoms with van der Waals surface area (Å²) < 4.78 is 108. The maximum absolute atomic E-state index is 13.5. The highest BCUT2D eigenvalue weighted by Gasteiger charge is 2.65. The average molecular weight is 695 g/mol. The third-order valence-corrected chi connectivity index (χ3v) is 13.0. The second kappa shape index (κ2) is 14.2. The minimum absolute atomic E-state index is 0. The van der Waals surface area contributed by atoms with Gasteiger partial charge in [-0.1, -0.05) is 39.0 Å². The van der Waals surface area contributed by atoms with E-state index in [0.717, 1.165) is 38.0 Å². The summed E-state index contributed by atoms with van der Waals surface area (Å²) in [5.41, 5.74) is -1.29. The van der Waals surface area contributed by atoms with Crippen molar-refractivity contribution in [3.8, 4) is 5.75 Å². The van der Waals surface area contributed by atoms with Crippen molar-refractivity contribution in [1.82, 2.24) is 0 Å². The fourth-order valence-corrected chi connectivity index (χ4v) is 10.8. The van der Waals surface area contributed by atoms with Crippen LogP contribution in [0, 0.1) is 23.2 Å². The standard InChI is InChI=1S/C18H23OS.C14H17F5O5S.CH4/c1-2-3-12-19-17-10-11-18(20-13-6-7-14-20)16-9-5-4-8-15(16)17;15-13(16,17)10(14(18,19)25(21,22)23)24-11(20)12-4-7-1-8(5-12)3-9(2-7)6-12;/h4-5,8-11H,2-3,6-7,12-14H2,1H3;7-10H,1-6H2,(H,21,22,23);1H4/q+1;;/p-1. The number of alkyl halides is 5. The molecule has 0 N–H and O–H groups in total. The number of benzene rings is 2. The van der Waals surface area contributed by atoms with E-state index >= 15 is 0 Å². The van der Waals surface area contributed by atoms with Crippen molar-refractivity contribution in [2.45, 2.75) is 101 Å². The zero-order valence-electron chi connectivity index (χ0n) is 25.1. The number of fused-ring (bicyclic) bond motifs is 1. The van der Waals surface area contributed by atoms with Gasteiger partial charge in [-0.15, -0.1) is 0 Å². The number of unbranched alkanes of at least 4 members (excludes halogenated alkanes) is 1. The van der Waals surface area contributed by atoms with Crippen molar-refractivity contribution >= 4 is 37.8 Å². The van der Waals surface area contributed by atoms with Crippen LogP contribution in [0.25, 0.3) is 10.8 Å². The predicted molar refractivity (Wildman–Crippen MR) is 167 cm³/mol. The Kier molecular flexibility index (Phi) is 11.3. The van der Waals surface area contributed by atoms with E-state index in [9.17, 15) is 39.7 Å². The molecule has 0 amide bonds. The number of hydrogen-bond donors (Lipinski definition) is 0. The molecule has 0 aromatic heterocycles. The van der Waals surface area contributed by atoms with Crippen LogP contribution in [0.2, 0.25) is 0 Å². The highest BCUT2D eigenvalue weighted by atomic mass is 32.2. The summed E-state index contributed by atoms with van der Waals surface area (Å²) in [7, 11) is -6.20. The lowest BCUT2D eigenvalue weighted by Crippen LogP contribution is -2.56. The van der Waals surface area contributed by atoms with Gasteiger partial charge in [0.1, 0.15) is 17.3 Å². The molecule has 1 atom stereocenters. The summed E-state index contributed by atoms with van der Waals surface area (Å²) in [6, 6.07) is 13.3. The third kappa shape index (κ3) is 7.61. The molecule has 0 spiro atoms. The molecule has 4 saturated carbocycles. The monoisotopic (exact) mass is 694 g/mol. The highest BCUT2D eigenvalue weighted by Crippen LogP contribution is 2.60. The molecule has 1 heterocycles. The van der Waals surface area contributed by atoms with Gasteiger partial charge in [-0.25, -0.2) is 8.42 Å². The maximum Gasteiger partial charge on any atom is 0.432 e. The Bertz CT molecular complexity index is 1440. The number of rotatable bonds is 9. The molecule has 258 valence electrons. The molecule has 1 saturated heterocycles. The molecular weight excluding hydrogens is 651 g/mol. The van der Waals surface area contributed by atoms with E-state index in [4.69, 9.17) is 4.74 Å². The number of esters is 1. The van der Waals surface area contributed by atoms with Crippen molar-refractivity contribution in [1.29, 1.82) is 0 Å². The number of hydrogen-bond acceptors (Lipinski definition) is 6. The van der Waals surface area contributed by atoms with Gasteiger partial charge < -0.3 is 14.0 Å². The molecule has 2 aromatic rings. The van der Waals surface area contributed by atoms with E-state index < -0.39 is 39.0 Å². The fourth-order valence-electron chi connectivity index (χ4n) is 7.87. The average Bonchev–Trinajstić information content (AvgIpc) is 3.49. The Balaban J connectivity index is 0.000000209. The molecule has 5 aliphatic rings. The van der Waals surface area contributed by atoms with Gasteiger partial charge in [-0.2, -0.15) is 22.0 Å². The first-order valence-corrected chi connectivity index (χ1v) is 18.5. The Labute approximate surface area is 270 Å². The van der Waals surface area contributed by atoms with Crippen LogP contribution in [0.3, 0.4) is 0 Å². The molecule has 0 radical (unpaired) electrons. The first-order chi connectivity index (χ1) is 21.1. The van der Waals surface area contributed by atoms with Gasteiger partial charge in [0.25, 0.3) is 6.10 Å². The smallest absolute Gasteiger partial charge is 0.432 e. The van der Waals surface area contributed by atoms with Crippen LogP contribution in [-0.2, 0) is 30.5 Å². The molecule has 13 heteroatoms. The Morgan fingerprint density at radius 1 is 0.957 bits per heavy atom. The van der Waals surface area contributed by atoms with Crippen molar-refractivity contribution in [2.75, 3.05) is 18.1 Å². The van der Waals surface area contributed by atoms with E-state index in [2.05, 4.69) is 48.1 Å². The second-order valence-corrected chi connectivity index (χ2v) is 16.7. The van der Waals surface area contributed by atoms with E-state index in [1.54, 1.807) is 4.90 Å². The number of carbonyl (C=O) groups is 1. The maximum atomic E-state index is 13.5. The number of halogens is 5. The molecule has 7 rings (SSSR count). The lowest BCUT2D eigenvalue weighted by molar-refractivity contribution is -0.266. The Hall–Kier alpha value is -2.12. The molecule has 4 aliphatic carbocycles. The van der Waals surface area contributed by atoms with Crippen LogP contribution >= 0.6 is 0 Å². The summed E-state index contributed by atoms with van der Waals surface area (Å²) in [5.74, 6) is 2.73. The van der Waals surface area contributed by atoms with Crippen LogP contribution in [0.5, 0.6) is 5.75 Å². The summed E-state index contributed by atoms with van der Waals surface area (Å²) in [6.07, 6.45) is -1.81. The van der Waals surface area contributed by atoms with Crippen LogP contribution < -0.4 is 4.74 Å². The minimum Gasteiger partial charge on any atom is -0.743 e. The highest BCUT2D eigenvalue weighted by molar-refractivity contribution is 7.97. The zero-order valence-corrected chi connectivity index (χ0v) is 26.8. The third-order valence-electron chi connectivity index (χ3n) is 9.57. The van der Waals surface area contributed by atoms with Crippen LogP contribution in [0.1, 0.15) is 78.6 Å². The molecule has 5 fully saturated rings. The molecule has 46 heavy (non-hydrogen) atoms. The van der Waals surface area contributed by atoms with Crippen LogP contribution in [0.4, 0.5) is 22.0 Å². The van der Waals surface area contributed by atoms with Gasteiger partial charge >= 0.3 is 17.4 Å². The van der Waals surface area contributed by atoms with E-state index in [-0.39, 0.29) is 44.4 Å². The first-order valence-electron chi connectivity index (χ1n) is 15.6. The van der Waals surface area contributed by atoms with Crippen molar-refractivity contribution in [3.05, 3.63) is 36.4 Å². The molecule has 1 aliphatic heterocycles. The lowest BCUT2D eigenvalue weighted by Gasteiger charge is -2.55. The van der Waals surface area contributed by atoms with Gasteiger partial charge in [0, 0.05) is 21.7 Å². The van der Waals surface area contributed by atoms with Crippen LogP contribution in [-0.4, -0.2) is 54.6 Å². The first kappa shape index (κ1) is 36.7. The van der Waals surface area contributed by atoms with Gasteiger partial charge in [-0.3, -0.25) is 4.79 Å². The SMILES string of the molecule is C.CCCCOc1ccc([S+]2CCCC2)c2ccccc12.O=C(OC(C(F)(F)F)C(F)(F)S(=O)(=O)[O-])C12CC3CC(CC(C3)C1)C2. The van der Waals surface area contributed by atoms with Gasteiger partial charge in [0.05, 0.1) is 12.0 Å². The minimum atomic E-state index is -6.67. The summed E-state index contributed by atoms with van der Waals surface area (Å²) in [4.78, 5) is 13.9. The molecule has 4 bridgehead atoms. The second-order valence-electron chi connectivity index (χ2n) is 13.0. The number of carbonyl (C=O) groups excluding carboxylic acids is 1. The predicted octanol–water partition coefficient (Wildman–Crippen LogP) is 8.24. The quantitative estimate of drug-likeness (QED) is 0.0864. The summed E-state index contributed by atoms with van der Waals surface area (Å²) >= 11 is 0. The Morgan fingerprint density at radius 3 is 2.00 bits per heavy atom. The lowest BCUT2D eigenvalue weighted by atomic mass is 9.49. The summed E-state index contributed by atoms with van der Waals surface area (Å²) in [6.45, 7) is 3.03. The Morgan fingerprint density at radius 2 is 1.50 bits per heavy atom. The van der Waals surface area contributed by atoms with Gasteiger partial charge in [0.2, 0.25) is 0 Å². The van der Waals surface area contributed by atoms with E-state index in [0.29, 0.717) is 10.9 Å². The molecule has 6 nitrogen and oxygen atoms in total. The normalized spacial score (nSPS) is 26.6. The summed E-state index contributed by atoms with van der Waals surface area (Å²) in [5, 5.41) is -3.09. The molecule has 1 unspecified atom stereocenters.